The third kappa shape index (κ3) is 2.65. The second kappa shape index (κ2) is 5.48. The maximum Gasteiger partial charge on any atom is 0.271 e. The minimum atomic E-state index is -3.58. The Morgan fingerprint density at radius 1 is 1.04 bits per heavy atom. The van der Waals surface area contributed by atoms with Crippen molar-refractivity contribution in [3.8, 4) is 11.3 Å². The van der Waals surface area contributed by atoms with Gasteiger partial charge in [-0.1, -0.05) is 24.3 Å². The van der Waals surface area contributed by atoms with Gasteiger partial charge < -0.3 is 0 Å². The molecule has 0 fully saturated rings. The van der Waals surface area contributed by atoms with Gasteiger partial charge in [-0.05, 0) is 17.5 Å². The zero-order valence-electron chi connectivity index (χ0n) is 11.7. The average Bonchev–Trinajstić information content (AvgIpc) is 3.24. The second-order valence-corrected chi connectivity index (χ2v) is 8.53. The van der Waals surface area contributed by atoms with E-state index in [1.807, 2.05) is 34.3 Å². The number of fused-ring (bicyclic) bond motifs is 1. The van der Waals surface area contributed by atoms with Crippen LogP contribution in [-0.4, -0.2) is 17.8 Å². The predicted octanol–water partition coefficient (Wildman–Crippen LogP) is 3.93. The molecule has 0 atom stereocenters. The minimum absolute atomic E-state index is 0.290. The van der Waals surface area contributed by atoms with E-state index in [9.17, 15) is 8.42 Å². The van der Waals surface area contributed by atoms with Gasteiger partial charge in [0.1, 0.15) is 4.21 Å². The van der Waals surface area contributed by atoms with Crippen molar-refractivity contribution >= 4 is 43.3 Å². The molecule has 0 bridgehead atoms. The molecule has 8 heteroatoms. The Balaban J connectivity index is 1.77. The van der Waals surface area contributed by atoms with E-state index in [0.717, 1.165) is 16.2 Å². The summed E-state index contributed by atoms with van der Waals surface area (Å²) in [6.45, 7) is 0. The van der Waals surface area contributed by atoms with Crippen molar-refractivity contribution in [2.45, 2.75) is 4.21 Å². The molecule has 0 saturated carbocycles. The first-order valence-corrected chi connectivity index (χ1v) is 9.96. The summed E-state index contributed by atoms with van der Waals surface area (Å²) in [5.41, 5.74) is 2.01. The summed E-state index contributed by atoms with van der Waals surface area (Å²) in [5, 5.41) is 3.70. The van der Waals surface area contributed by atoms with Gasteiger partial charge in [-0.15, -0.1) is 22.7 Å². The third-order valence-corrected chi connectivity index (χ3v) is 6.83. The van der Waals surface area contributed by atoms with Gasteiger partial charge in [0, 0.05) is 23.3 Å². The first-order valence-electron chi connectivity index (χ1n) is 6.71. The summed E-state index contributed by atoms with van der Waals surface area (Å²) in [6.07, 6.45) is 3.82. The largest absolute Gasteiger partial charge is 0.297 e. The van der Waals surface area contributed by atoms with E-state index in [0.29, 0.717) is 5.69 Å². The molecular weight excluding hydrogens is 350 g/mol. The van der Waals surface area contributed by atoms with Crippen molar-refractivity contribution in [1.29, 1.82) is 0 Å². The van der Waals surface area contributed by atoms with Crippen LogP contribution in [0.4, 0.5) is 5.69 Å². The molecule has 4 rings (SSSR count). The van der Waals surface area contributed by atoms with Gasteiger partial charge in [0.25, 0.3) is 10.0 Å². The minimum Gasteiger partial charge on any atom is -0.297 e. The van der Waals surface area contributed by atoms with E-state index in [1.54, 1.807) is 29.6 Å². The van der Waals surface area contributed by atoms with Crippen molar-refractivity contribution in [2.75, 3.05) is 4.72 Å². The van der Waals surface area contributed by atoms with Crippen LogP contribution in [0.2, 0.25) is 0 Å². The predicted molar refractivity (Wildman–Crippen MR) is 93.6 cm³/mol. The van der Waals surface area contributed by atoms with Crippen LogP contribution in [0, 0.1) is 0 Å². The Kier molecular flexibility index (Phi) is 3.44. The smallest absolute Gasteiger partial charge is 0.271 e. The lowest BCUT2D eigenvalue weighted by molar-refractivity contribution is 0.603. The van der Waals surface area contributed by atoms with E-state index in [-0.39, 0.29) is 4.21 Å². The van der Waals surface area contributed by atoms with Crippen molar-refractivity contribution in [3.05, 3.63) is 59.6 Å². The number of para-hydroxylation sites is 1. The molecule has 3 heterocycles. The quantitative estimate of drug-likeness (QED) is 0.599. The fourth-order valence-electron chi connectivity index (χ4n) is 2.26. The Labute approximate surface area is 140 Å². The van der Waals surface area contributed by atoms with Gasteiger partial charge in [-0.3, -0.25) is 9.12 Å². The molecular formula is C15H11N3O2S3. The van der Waals surface area contributed by atoms with Gasteiger partial charge >= 0.3 is 0 Å². The number of rotatable bonds is 4. The Morgan fingerprint density at radius 3 is 2.70 bits per heavy atom. The van der Waals surface area contributed by atoms with Crippen molar-refractivity contribution in [1.82, 2.24) is 9.38 Å². The lowest BCUT2D eigenvalue weighted by Gasteiger charge is -2.10. The highest BCUT2D eigenvalue weighted by Crippen LogP contribution is 2.30. The molecule has 3 aromatic heterocycles. The Bertz CT molecular complexity index is 1030. The summed E-state index contributed by atoms with van der Waals surface area (Å²) in [4.78, 5) is 5.42. The molecule has 0 saturated heterocycles. The van der Waals surface area contributed by atoms with E-state index in [4.69, 9.17) is 0 Å². The van der Waals surface area contributed by atoms with Crippen LogP contribution in [-0.2, 0) is 10.0 Å². The number of aromatic nitrogens is 2. The number of imidazole rings is 1. The molecule has 4 aromatic rings. The van der Waals surface area contributed by atoms with Crippen molar-refractivity contribution in [3.63, 3.8) is 0 Å². The zero-order valence-corrected chi connectivity index (χ0v) is 14.2. The van der Waals surface area contributed by atoms with Gasteiger partial charge in [0.05, 0.1) is 11.4 Å². The second-order valence-electron chi connectivity index (χ2n) is 4.80. The third-order valence-electron chi connectivity index (χ3n) is 3.30. The van der Waals surface area contributed by atoms with Gasteiger partial charge in [-0.2, -0.15) is 0 Å². The van der Waals surface area contributed by atoms with Crippen LogP contribution in [0.15, 0.2) is 63.8 Å². The molecule has 0 amide bonds. The Hall–Kier alpha value is -2.16. The van der Waals surface area contributed by atoms with Gasteiger partial charge in [0.15, 0.2) is 4.96 Å². The van der Waals surface area contributed by atoms with E-state index >= 15 is 0 Å². The number of nitrogens with one attached hydrogen (secondary N) is 1. The highest BCUT2D eigenvalue weighted by atomic mass is 32.2. The summed E-state index contributed by atoms with van der Waals surface area (Å²) in [6, 6.07) is 10.6. The van der Waals surface area contributed by atoms with Crippen LogP contribution in [0.25, 0.3) is 16.2 Å². The number of hydrogen-bond acceptors (Lipinski definition) is 5. The number of hydrogen-bond donors (Lipinski definition) is 1. The van der Waals surface area contributed by atoms with Crippen LogP contribution in [0.1, 0.15) is 0 Å². The van der Waals surface area contributed by atoms with Crippen LogP contribution >= 0.6 is 22.7 Å². The maximum atomic E-state index is 12.4. The monoisotopic (exact) mass is 361 g/mol. The van der Waals surface area contributed by atoms with Crippen LogP contribution < -0.4 is 4.72 Å². The standard InChI is InChI=1S/C15H11N3O2S3/c19-23(20,14-6-3-8-21-14)17-12-5-2-1-4-11(12)13-10-18-7-9-22-15(18)16-13/h1-10,17H. The van der Waals surface area contributed by atoms with Crippen LogP contribution in [0.3, 0.4) is 0 Å². The highest BCUT2D eigenvalue weighted by Gasteiger charge is 2.18. The first-order chi connectivity index (χ1) is 11.1. The summed E-state index contributed by atoms with van der Waals surface area (Å²) in [7, 11) is -3.58. The number of thiazole rings is 1. The van der Waals surface area contributed by atoms with Crippen molar-refractivity contribution in [2.24, 2.45) is 0 Å². The first kappa shape index (κ1) is 14.4. The van der Waals surface area contributed by atoms with E-state index in [1.165, 1.54) is 22.7 Å². The number of sulfonamides is 1. The van der Waals surface area contributed by atoms with Gasteiger partial charge in [0.2, 0.25) is 0 Å². The van der Waals surface area contributed by atoms with Crippen LogP contribution in [0.5, 0.6) is 0 Å². The maximum absolute atomic E-state index is 12.4. The Morgan fingerprint density at radius 2 is 1.91 bits per heavy atom. The fourth-order valence-corrected chi connectivity index (χ4v) is 5.04. The average molecular weight is 361 g/mol. The molecule has 116 valence electrons. The fraction of sp³-hybridized carbons (Fsp3) is 0. The number of benzene rings is 1. The molecule has 1 N–H and O–H groups in total. The lowest BCUT2D eigenvalue weighted by atomic mass is 10.1. The number of thiophene rings is 1. The lowest BCUT2D eigenvalue weighted by Crippen LogP contribution is -2.12. The molecule has 0 radical (unpaired) electrons. The van der Waals surface area contributed by atoms with E-state index < -0.39 is 10.0 Å². The number of anilines is 1. The molecule has 5 nitrogen and oxygen atoms in total. The normalized spacial score (nSPS) is 11.8. The van der Waals surface area contributed by atoms with Gasteiger partial charge in [-0.25, -0.2) is 13.4 Å². The molecule has 0 aliphatic carbocycles. The summed E-state index contributed by atoms with van der Waals surface area (Å²) in [5.74, 6) is 0. The molecule has 0 spiro atoms. The van der Waals surface area contributed by atoms with Crippen molar-refractivity contribution < 1.29 is 8.42 Å². The molecule has 0 aliphatic rings. The molecule has 23 heavy (non-hydrogen) atoms. The summed E-state index contributed by atoms with van der Waals surface area (Å²) < 4.78 is 29.8. The SMILES string of the molecule is O=S(=O)(Nc1ccccc1-c1cn2ccsc2n1)c1cccs1. The summed E-state index contributed by atoms with van der Waals surface area (Å²) >= 11 is 2.72. The molecule has 0 unspecified atom stereocenters. The zero-order chi connectivity index (χ0) is 15.9. The molecule has 0 aliphatic heterocycles. The highest BCUT2D eigenvalue weighted by molar-refractivity contribution is 7.94. The topological polar surface area (TPSA) is 63.5 Å². The number of nitrogens with zero attached hydrogens (tertiary/aromatic N) is 2. The van der Waals surface area contributed by atoms with E-state index in [2.05, 4.69) is 9.71 Å². The molecule has 1 aromatic carbocycles.